The van der Waals surface area contributed by atoms with E-state index in [0.717, 1.165) is 13.1 Å². The third kappa shape index (κ3) is 12.6. The molecule has 0 radical (unpaired) electrons. The molecule has 0 aliphatic carbocycles. The van der Waals surface area contributed by atoms with Crippen LogP contribution in [0.25, 0.3) is 0 Å². The van der Waals surface area contributed by atoms with Gasteiger partial charge < -0.3 is 26.1 Å². The molecule has 0 unspecified atom stereocenters. The third-order valence-corrected chi connectivity index (χ3v) is 1.62. The zero-order chi connectivity index (χ0) is 7.28. The van der Waals surface area contributed by atoms with Crippen LogP contribution in [0.2, 0.25) is 0 Å². The van der Waals surface area contributed by atoms with E-state index in [1.54, 1.807) is 7.11 Å². The van der Waals surface area contributed by atoms with Gasteiger partial charge in [-0.25, -0.2) is 0 Å². The first kappa shape index (κ1) is 29.2. The number of thiocarbonyl (C=S) groups is 1. The zero-order valence-electron chi connectivity index (χ0n) is 7.68. The van der Waals surface area contributed by atoms with Crippen LogP contribution < -0.4 is 0 Å². The molecule has 0 fully saturated rings. The second-order valence-corrected chi connectivity index (χ2v) is 1.99. The molecule has 0 aromatic carbocycles. The molecule has 0 rings (SSSR count). The first-order valence-electron chi connectivity index (χ1n) is 3.09. The molecule has 0 aliphatic heterocycles. The molecule has 0 heterocycles. The predicted molar refractivity (Wildman–Crippen MR) is 60.5 cm³/mol. The summed E-state index contributed by atoms with van der Waals surface area (Å²) in [5.74, 6) is 0. The van der Waals surface area contributed by atoms with Crippen molar-refractivity contribution < 1.29 is 21.2 Å². The molecule has 0 atom stereocenters. The number of methoxy groups -OCH3 is 1. The predicted octanol–water partition coefficient (Wildman–Crippen LogP) is -1.86. The van der Waals surface area contributed by atoms with Crippen LogP contribution in [0.5, 0.6) is 0 Å². The normalized spacial score (nSPS) is 6.08. The van der Waals surface area contributed by atoms with Gasteiger partial charge in [0.25, 0.3) is 5.17 Å². The van der Waals surface area contributed by atoms with Crippen LogP contribution in [0.15, 0.2) is 0 Å². The van der Waals surface area contributed by atoms with Crippen molar-refractivity contribution >= 4 is 46.9 Å². The fourth-order valence-corrected chi connectivity index (χ4v) is 0.869. The van der Waals surface area contributed by atoms with Crippen LogP contribution in [0.1, 0.15) is 13.8 Å². The molecule has 6 N–H and O–H groups in total. The van der Waals surface area contributed by atoms with E-state index >= 15 is 0 Å². The second kappa shape index (κ2) is 18.4. The fraction of sp³-hybridized carbons (Fsp3) is 0.833. The van der Waals surface area contributed by atoms with Crippen molar-refractivity contribution in [1.82, 2.24) is 4.90 Å². The maximum atomic E-state index is 4.88. The van der Waals surface area contributed by atoms with Gasteiger partial charge in [0.1, 0.15) is 0 Å². The monoisotopic (exact) mass is 225 g/mol. The van der Waals surface area contributed by atoms with Gasteiger partial charge in [0.05, 0.1) is 7.11 Å². The number of rotatable bonds is 2. The van der Waals surface area contributed by atoms with Crippen LogP contribution in [-0.4, -0.2) is 76.3 Å². The zero-order valence-corrected chi connectivity index (χ0v) is 8.49. The van der Waals surface area contributed by atoms with Gasteiger partial charge in [0, 0.05) is 13.1 Å². The Balaban J connectivity index is -0.0000000533. The molecule has 0 aliphatic rings. The van der Waals surface area contributed by atoms with Crippen LogP contribution in [0, 0.1) is 0 Å². The molecule has 0 spiro atoms. The summed E-state index contributed by atoms with van der Waals surface area (Å²) < 4.78 is 4.85. The van der Waals surface area contributed by atoms with Gasteiger partial charge in [-0.2, -0.15) is 0 Å². The van der Waals surface area contributed by atoms with Crippen molar-refractivity contribution in [2.45, 2.75) is 13.8 Å². The Hall–Kier alpha value is 0.570. The van der Waals surface area contributed by atoms with Gasteiger partial charge in [0.15, 0.2) is 0 Å². The topological polar surface area (TPSA) is 107 Å². The van der Waals surface area contributed by atoms with Crippen molar-refractivity contribution in [1.29, 1.82) is 0 Å². The van der Waals surface area contributed by atoms with Gasteiger partial charge in [-0.15, -0.1) is 0 Å². The molecule has 13 heavy (non-hydrogen) atoms. The van der Waals surface area contributed by atoms with E-state index in [4.69, 9.17) is 17.0 Å². The third-order valence-electron chi connectivity index (χ3n) is 1.20. The van der Waals surface area contributed by atoms with Crippen LogP contribution >= 0.6 is 12.2 Å². The molecular weight excluding hydrogens is 205 g/mol. The molecule has 0 saturated heterocycles. The van der Waals surface area contributed by atoms with Crippen LogP contribution in [0.3, 0.4) is 0 Å². The van der Waals surface area contributed by atoms with E-state index in [9.17, 15) is 0 Å². The van der Waals surface area contributed by atoms with E-state index in [1.807, 2.05) is 4.90 Å². The second-order valence-electron chi connectivity index (χ2n) is 1.64. The number of hydrogen-bond acceptors (Lipinski definition) is 2. The fourth-order valence-electron chi connectivity index (χ4n) is 0.611. The Morgan fingerprint density at radius 1 is 1.15 bits per heavy atom. The minimum atomic E-state index is 0. The minimum absolute atomic E-state index is 0. The summed E-state index contributed by atoms with van der Waals surface area (Å²) in [4.78, 5) is 1.98. The van der Waals surface area contributed by atoms with Crippen molar-refractivity contribution in [3.05, 3.63) is 0 Å². The SMILES string of the molecule is CCN(CC)C(=S)OC.O.O.O.[NaH]. The average Bonchev–Trinajstić information content (AvgIpc) is 1.90. The van der Waals surface area contributed by atoms with E-state index < -0.39 is 0 Å². The summed E-state index contributed by atoms with van der Waals surface area (Å²) in [7, 11) is 1.60. The van der Waals surface area contributed by atoms with Gasteiger partial charge in [0.2, 0.25) is 0 Å². The first-order chi connectivity index (χ1) is 4.26. The number of hydrogen-bond donors (Lipinski definition) is 0. The molecular formula is C6H20NNaO4S. The Bertz CT molecular complexity index is 103. The molecule has 0 saturated carbocycles. The van der Waals surface area contributed by atoms with Crippen molar-refractivity contribution in [3.63, 3.8) is 0 Å². The van der Waals surface area contributed by atoms with Crippen molar-refractivity contribution in [2.75, 3.05) is 20.2 Å². The van der Waals surface area contributed by atoms with Crippen LogP contribution in [0.4, 0.5) is 0 Å². The standard InChI is InChI=1S/C6H13NOS.Na.3H2O.H/c1-4-7(5-2)6(9)8-3;;;;;/h4-5H2,1-3H3;;3*1H2;. The number of ether oxygens (including phenoxy) is 1. The van der Waals surface area contributed by atoms with E-state index in [-0.39, 0.29) is 46.0 Å². The summed E-state index contributed by atoms with van der Waals surface area (Å²) in [6.07, 6.45) is 0. The molecule has 0 aromatic rings. The average molecular weight is 225 g/mol. The quantitative estimate of drug-likeness (QED) is 0.406. The van der Waals surface area contributed by atoms with Gasteiger partial charge in [-0.1, -0.05) is 0 Å². The van der Waals surface area contributed by atoms with Gasteiger partial charge in [-0.3, -0.25) is 0 Å². The van der Waals surface area contributed by atoms with Gasteiger partial charge in [-0.05, 0) is 26.1 Å². The molecule has 5 nitrogen and oxygen atoms in total. The van der Waals surface area contributed by atoms with E-state index in [0.29, 0.717) is 5.17 Å². The maximum absolute atomic E-state index is 4.88. The Morgan fingerprint density at radius 2 is 1.46 bits per heavy atom. The molecule has 80 valence electrons. The molecule has 0 bridgehead atoms. The molecule has 0 aromatic heterocycles. The Kier molecular flexibility index (Phi) is 41.3. The summed E-state index contributed by atoms with van der Waals surface area (Å²) in [6.45, 7) is 5.94. The van der Waals surface area contributed by atoms with Crippen molar-refractivity contribution in [3.8, 4) is 0 Å². The van der Waals surface area contributed by atoms with Crippen molar-refractivity contribution in [2.24, 2.45) is 0 Å². The van der Waals surface area contributed by atoms with Gasteiger partial charge >= 0.3 is 29.6 Å². The molecule has 0 amide bonds. The summed E-state index contributed by atoms with van der Waals surface area (Å²) in [5.41, 5.74) is 0. The van der Waals surface area contributed by atoms with E-state index in [2.05, 4.69) is 13.8 Å². The Morgan fingerprint density at radius 3 is 1.54 bits per heavy atom. The molecule has 7 heteroatoms. The first-order valence-corrected chi connectivity index (χ1v) is 3.50. The summed E-state index contributed by atoms with van der Waals surface area (Å²) in [6, 6.07) is 0. The number of nitrogens with zero attached hydrogens (tertiary/aromatic N) is 1. The Labute approximate surface area is 107 Å². The van der Waals surface area contributed by atoms with E-state index in [1.165, 1.54) is 0 Å². The summed E-state index contributed by atoms with van der Waals surface area (Å²) in [5, 5.41) is 0.583. The summed E-state index contributed by atoms with van der Waals surface area (Å²) >= 11 is 4.88. The van der Waals surface area contributed by atoms with Crippen LogP contribution in [-0.2, 0) is 4.74 Å².